The second-order valence-corrected chi connectivity index (χ2v) is 5.77. The first kappa shape index (κ1) is 14.9. The number of hydrogen-bond acceptors (Lipinski definition) is 2. The van der Waals surface area contributed by atoms with Crippen LogP contribution in [0.1, 0.15) is 50.2 Å². The van der Waals surface area contributed by atoms with Crippen LogP contribution in [-0.4, -0.2) is 17.8 Å². The molecule has 0 saturated heterocycles. The highest BCUT2D eigenvalue weighted by Gasteiger charge is 2.20. The summed E-state index contributed by atoms with van der Waals surface area (Å²) in [5, 5.41) is 8.72. The van der Waals surface area contributed by atoms with Crippen LogP contribution < -0.4 is 4.74 Å². The maximum Gasteiger partial charge on any atom is 0.122 e. The molecule has 2 heteroatoms. The molecular weight excluding hydrogens is 248 g/mol. The van der Waals surface area contributed by atoms with Gasteiger partial charge in [-0.3, -0.25) is 0 Å². The topological polar surface area (TPSA) is 29.5 Å². The summed E-state index contributed by atoms with van der Waals surface area (Å²) in [5.41, 5.74) is 2.12. The van der Waals surface area contributed by atoms with Gasteiger partial charge in [-0.1, -0.05) is 25.2 Å². The van der Waals surface area contributed by atoms with Crippen LogP contribution in [0.15, 0.2) is 18.2 Å². The van der Waals surface area contributed by atoms with Crippen molar-refractivity contribution in [1.82, 2.24) is 0 Å². The van der Waals surface area contributed by atoms with E-state index in [1.54, 1.807) is 0 Å². The zero-order valence-electron chi connectivity index (χ0n) is 12.5. The van der Waals surface area contributed by atoms with Gasteiger partial charge in [0.25, 0.3) is 0 Å². The predicted molar refractivity (Wildman–Crippen MR) is 81.8 cm³/mol. The van der Waals surface area contributed by atoms with E-state index in [-0.39, 0.29) is 6.61 Å². The van der Waals surface area contributed by atoms with E-state index >= 15 is 0 Å². The van der Waals surface area contributed by atoms with E-state index in [0.29, 0.717) is 12.5 Å². The van der Waals surface area contributed by atoms with Crippen LogP contribution in [0.5, 0.6) is 5.75 Å². The number of aliphatic hydroxyl groups excluding tert-OH is 1. The van der Waals surface area contributed by atoms with E-state index in [9.17, 15) is 0 Å². The lowest BCUT2D eigenvalue weighted by molar-refractivity contribution is 0.128. The Labute approximate surface area is 122 Å². The fourth-order valence-corrected chi connectivity index (χ4v) is 2.74. The SMILES string of the molecule is Cc1cc(C#CCCO)ccc1OC1CCCC(C)C1. The minimum atomic E-state index is 0.118. The third kappa shape index (κ3) is 4.28. The van der Waals surface area contributed by atoms with E-state index < -0.39 is 0 Å². The van der Waals surface area contributed by atoms with Crippen molar-refractivity contribution in [2.24, 2.45) is 5.92 Å². The molecule has 20 heavy (non-hydrogen) atoms. The van der Waals surface area contributed by atoms with Gasteiger partial charge >= 0.3 is 0 Å². The largest absolute Gasteiger partial charge is 0.490 e. The minimum absolute atomic E-state index is 0.118. The molecule has 1 aromatic carbocycles. The minimum Gasteiger partial charge on any atom is -0.490 e. The van der Waals surface area contributed by atoms with Crippen molar-refractivity contribution in [3.05, 3.63) is 29.3 Å². The number of hydrogen-bond donors (Lipinski definition) is 1. The first-order chi connectivity index (χ1) is 9.69. The Morgan fingerprint density at radius 3 is 2.90 bits per heavy atom. The summed E-state index contributed by atoms with van der Waals surface area (Å²) in [6, 6.07) is 6.09. The molecule has 2 unspecified atom stereocenters. The lowest BCUT2D eigenvalue weighted by Gasteiger charge is -2.28. The fraction of sp³-hybridized carbons (Fsp3) is 0.556. The Balaban J connectivity index is 2.01. The molecule has 0 aliphatic heterocycles. The summed E-state index contributed by atoms with van der Waals surface area (Å²) < 4.78 is 6.15. The van der Waals surface area contributed by atoms with E-state index in [2.05, 4.69) is 31.8 Å². The second-order valence-electron chi connectivity index (χ2n) is 5.77. The predicted octanol–water partition coefficient (Wildman–Crippen LogP) is 3.69. The van der Waals surface area contributed by atoms with Crippen molar-refractivity contribution in [2.45, 2.75) is 52.1 Å². The molecular formula is C18H24O2. The Morgan fingerprint density at radius 1 is 1.35 bits per heavy atom. The quantitative estimate of drug-likeness (QED) is 0.850. The van der Waals surface area contributed by atoms with Gasteiger partial charge in [0, 0.05) is 12.0 Å². The molecule has 0 heterocycles. The summed E-state index contributed by atoms with van der Waals surface area (Å²) in [6.07, 6.45) is 5.83. The summed E-state index contributed by atoms with van der Waals surface area (Å²) in [4.78, 5) is 0. The van der Waals surface area contributed by atoms with Crippen LogP contribution in [0.25, 0.3) is 0 Å². The average Bonchev–Trinajstić information content (AvgIpc) is 2.42. The molecule has 2 nitrogen and oxygen atoms in total. The fourth-order valence-electron chi connectivity index (χ4n) is 2.74. The first-order valence-electron chi connectivity index (χ1n) is 7.56. The summed E-state index contributed by atoms with van der Waals surface area (Å²) in [5.74, 6) is 7.76. The molecule has 2 atom stereocenters. The van der Waals surface area contributed by atoms with Gasteiger partial charge in [0.05, 0.1) is 12.7 Å². The van der Waals surface area contributed by atoms with Crippen molar-refractivity contribution in [3.8, 4) is 17.6 Å². The summed E-state index contributed by atoms with van der Waals surface area (Å²) in [7, 11) is 0. The molecule has 0 spiro atoms. The van der Waals surface area contributed by atoms with Gasteiger partial charge in [-0.15, -0.1) is 0 Å². The summed E-state index contributed by atoms with van der Waals surface area (Å²) in [6.45, 7) is 4.49. The third-order valence-electron chi connectivity index (χ3n) is 3.83. The van der Waals surface area contributed by atoms with E-state index in [1.165, 1.54) is 19.3 Å². The highest BCUT2D eigenvalue weighted by molar-refractivity contribution is 5.43. The van der Waals surface area contributed by atoms with Crippen LogP contribution >= 0.6 is 0 Å². The van der Waals surface area contributed by atoms with E-state index in [4.69, 9.17) is 9.84 Å². The lowest BCUT2D eigenvalue weighted by Crippen LogP contribution is -2.24. The molecule has 108 valence electrons. The lowest BCUT2D eigenvalue weighted by atomic mass is 9.88. The smallest absolute Gasteiger partial charge is 0.122 e. The van der Waals surface area contributed by atoms with Gasteiger partial charge in [-0.05, 0) is 55.9 Å². The number of aliphatic hydroxyl groups is 1. The van der Waals surface area contributed by atoms with Crippen LogP contribution in [0.4, 0.5) is 0 Å². The summed E-state index contributed by atoms with van der Waals surface area (Å²) >= 11 is 0. The van der Waals surface area contributed by atoms with Crippen LogP contribution in [0, 0.1) is 24.7 Å². The molecule has 1 fully saturated rings. The highest BCUT2D eigenvalue weighted by Crippen LogP contribution is 2.29. The van der Waals surface area contributed by atoms with Gasteiger partial charge in [-0.25, -0.2) is 0 Å². The maximum absolute atomic E-state index is 8.72. The Bertz CT molecular complexity index is 496. The zero-order chi connectivity index (χ0) is 14.4. The van der Waals surface area contributed by atoms with Crippen molar-refractivity contribution in [2.75, 3.05) is 6.61 Å². The Morgan fingerprint density at radius 2 is 2.20 bits per heavy atom. The number of benzene rings is 1. The van der Waals surface area contributed by atoms with Gasteiger partial charge in [-0.2, -0.15) is 0 Å². The Hall–Kier alpha value is -1.46. The van der Waals surface area contributed by atoms with Crippen molar-refractivity contribution in [3.63, 3.8) is 0 Å². The van der Waals surface area contributed by atoms with Crippen LogP contribution in [0.3, 0.4) is 0 Å². The number of rotatable bonds is 3. The van der Waals surface area contributed by atoms with Gasteiger partial charge < -0.3 is 9.84 Å². The molecule has 1 aromatic rings. The van der Waals surface area contributed by atoms with Crippen molar-refractivity contribution < 1.29 is 9.84 Å². The molecule has 0 amide bonds. The normalized spacial score (nSPS) is 21.9. The Kier molecular flexibility index (Phi) is 5.49. The molecule has 0 aromatic heterocycles. The second kappa shape index (κ2) is 7.36. The zero-order valence-corrected chi connectivity index (χ0v) is 12.5. The van der Waals surface area contributed by atoms with E-state index in [0.717, 1.165) is 29.2 Å². The van der Waals surface area contributed by atoms with E-state index in [1.807, 2.05) is 12.1 Å². The number of ether oxygens (including phenoxy) is 1. The molecule has 0 bridgehead atoms. The third-order valence-corrected chi connectivity index (χ3v) is 3.83. The van der Waals surface area contributed by atoms with Gasteiger partial charge in [0.1, 0.15) is 5.75 Å². The molecule has 0 radical (unpaired) electrons. The number of aryl methyl sites for hydroxylation is 1. The molecule has 1 aliphatic rings. The van der Waals surface area contributed by atoms with Crippen LogP contribution in [-0.2, 0) is 0 Å². The monoisotopic (exact) mass is 272 g/mol. The molecule has 1 saturated carbocycles. The highest BCUT2D eigenvalue weighted by atomic mass is 16.5. The average molecular weight is 272 g/mol. The van der Waals surface area contributed by atoms with Crippen molar-refractivity contribution in [1.29, 1.82) is 0 Å². The van der Waals surface area contributed by atoms with Gasteiger partial charge in [0.15, 0.2) is 0 Å². The van der Waals surface area contributed by atoms with Gasteiger partial charge in [0.2, 0.25) is 0 Å². The molecule has 1 N–H and O–H groups in total. The maximum atomic E-state index is 8.72. The van der Waals surface area contributed by atoms with Crippen molar-refractivity contribution >= 4 is 0 Å². The molecule has 1 aliphatic carbocycles. The first-order valence-corrected chi connectivity index (χ1v) is 7.56. The molecule has 2 rings (SSSR count). The standard InChI is InChI=1S/C18H24O2/c1-14-6-5-8-17(12-14)20-18-10-9-16(13-15(18)2)7-3-4-11-19/h9-10,13-14,17,19H,4-6,8,11-12H2,1-2H3. The van der Waals surface area contributed by atoms with Crippen LogP contribution in [0.2, 0.25) is 0 Å².